The molecule has 11 nitrogen and oxygen atoms in total. The van der Waals surface area contributed by atoms with Gasteiger partial charge in [0.15, 0.2) is 0 Å². The van der Waals surface area contributed by atoms with Crippen LogP contribution in [-0.2, 0) is 24.0 Å². The van der Waals surface area contributed by atoms with Gasteiger partial charge in [0.1, 0.15) is 12.1 Å². The molecule has 0 bridgehead atoms. The van der Waals surface area contributed by atoms with Crippen molar-refractivity contribution >= 4 is 42.2 Å². The first kappa shape index (κ1) is 25.7. The van der Waals surface area contributed by atoms with Gasteiger partial charge < -0.3 is 32.5 Å². The normalized spacial score (nSPS) is 13.9. The maximum Gasteiger partial charge on any atom is 0.326 e. The lowest BCUT2D eigenvalue weighted by Gasteiger charge is -2.23. The van der Waals surface area contributed by atoms with Gasteiger partial charge in [-0.25, -0.2) is 4.79 Å². The van der Waals surface area contributed by atoms with Gasteiger partial charge in [0.05, 0.1) is 12.6 Å². The Hall–Kier alpha value is -2.34. The number of primary amides is 1. The minimum Gasteiger partial charge on any atom is -0.480 e. The zero-order valence-corrected chi connectivity index (χ0v) is 16.8. The molecule has 0 spiro atoms. The van der Waals surface area contributed by atoms with Gasteiger partial charge in [0, 0.05) is 12.2 Å². The number of nitrogens with two attached hydrogens (primary N) is 2. The Morgan fingerprint density at radius 2 is 1.64 bits per heavy atom. The minimum atomic E-state index is -1.32. The van der Waals surface area contributed by atoms with Gasteiger partial charge in [-0.1, -0.05) is 13.8 Å². The average molecular weight is 420 g/mol. The zero-order valence-electron chi connectivity index (χ0n) is 15.9. The highest BCUT2D eigenvalue weighted by atomic mass is 32.1. The second-order valence-corrected chi connectivity index (χ2v) is 7.03. The van der Waals surface area contributed by atoms with Gasteiger partial charge in [-0.2, -0.15) is 12.6 Å². The molecular formula is C16H29N5O6S. The van der Waals surface area contributed by atoms with Crippen molar-refractivity contribution < 1.29 is 29.1 Å². The highest BCUT2D eigenvalue weighted by Crippen LogP contribution is 2.07. The summed E-state index contributed by atoms with van der Waals surface area (Å²) in [4.78, 5) is 58.2. The standard InChI is InChI=1S/C16H29N5O6S/c1-8(2)5-11(20-13(23)6-19-14(24)9(17)7-28)15(25)21-10(16(26)27)3-4-12(18)22/h8-11,28H,3-7,17H2,1-2H3,(H2,18,22)(H,19,24)(H,20,23)(H,21,25)(H,26,27). The highest BCUT2D eigenvalue weighted by Gasteiger charge is 2.27. The first-order valence-corrected chi connectivity index (χ1v) is 9.36. The van der Waals surface area contributed by atoms with Gasteiger partial charge in [-0.3, -0.25) is 19.2 Å². The molecule has 0 aromatic carbocycles. The molecule has 12 heteroatoms. The van der Waals surface area contributed by atoms with E-state index in [1.54, 1.807) is 0 Å². The van der Waals surface area contributed by atoms with Crippen LogP contribution in [0.4, 0.5) is 0 Å². The van der Waals surface area contributed by atoms with Crippen molar-refractivity contribution in [2.75, 3.05) is 12.3 Å². The summed E-state index contributed by atoms with van der Waals surface area (Å²) in [6, 6.07) is -3.20. The summed E-state index contributed by atoms with van der Waals surface area (Å²) < 4.78 is 0. The molecule has 0 aliphatic carbocycles. The third-order valence-corrected chi connectivity index (χ3v) is 4.00. The summed E-state index contributed by atoms with van der Waals surface area (Å²) in [6.45, 7) is 3.25. The summed E-state index contributed by atoms with van der Waals surface area (Å²) in [7, 11) is 0. The summed E-state index contributed by atoms with van der Waals surface area (Å²) in [5.41, 5.74) is 10.5. The van der Waals surface area contributed by atoms with E-state index in [1.807, 2.05) is 13.8 Å². The third kappa shape index (κ3) is 10.7. The fourth-order valence-electron chi connectivity index (χ4n) is 2.15. The molecule has 0 aliphatic rings. The summed E-state index contributed by atoms with van der Waals surface area (Å²) >= 11 is 3.88. The van der Waals surface area contributed by atoms with Crippen LogP contribution in [0.1, 0.15) is 33.1 Å². The van der Waals surface area contributed by atoms with E-state index in [0.29, 0.717) is 0 Å². The van der Waals surface area contributed by atoms with Gasteiger partial charge in [0.2, 0.25) is 23.6 Å². The van der Waals surface area contributed by atoms with Crippen LogP contribution in [0, 0.1) is 5.92 Å². The molecule has 28 heavy (non-hydrogen) atoms. The fraction of sp³-hybridized carbons (Fsp3) is 0.688. The molecule has 0 rings (SSSR count). The minimum absolute atomic E-state index is 0.0112. The van der Waals surface area contributed by atoms with E-state index in [9.17, 15) is 29.1 Å². The molecule has 3 unspecified atom stereocenters. The average Bonchev–Trinajstić information content (AvgIpc) is 2.60. The van der Waals surface area contributed by atoms with Gasteiger partial charge in [-0.15, -0.1) is 0 Å². The molecule has 0 fully saturated rings. The topological polar surface area (TPSA) is 194 Å². The number of aliphatic carboxylic acids is 1. The Morgan fingerprint density at radius 3 is 2.11 bits per heavy atom. The van der Waals surface area contributed by atoms with Crippen LogP contribution in [0.5, 0.6) is 0 Å². The molecule has 0 saturated carbocycles. The van der Waals surface area contributed by atoms with E-state index in [2.05, 4.69) is 28.6 Å². The molecule has 0 saturated heterocycles. The predicted molar refractivity (Wildman–Crippen MR) is 104 cm³/mol. The lowest BCUT2D eigenvalue weighted by molar-refractivity contribution is -0.142. The summed E-state index contributed by atoms with van der Waals surface area (Å²) in [5, 5.41) is 16.3. The van der Waals surface area contributed by atoms with Crippen LogP contribution in [0.25, 0.3) is 0 Å². The van der Waals surface area contributed by atoms with Crippen LogP contribution in [-0.4, -0.2) is 65.1 Å². The van der Waals surface area contributed by atoms with Crippen molar-refractivity contribution in [3.05, 3.63) is 0 Å². The molecule has 8 N–H and O–H groups in total. The SMILES string of the molecule is CC(C)CC(NC(=O)CNC(=O)C(N)CS)C(=O)NC(CCC(N)=O)C(=O)O. The first-order chi connectivity index (χ1) is 13.0. The lowest BCUT2D eigenvalue weighted by atomic mass is 10.0. The molecule has 160 valence electrons. The number of rotatable bonds is 13. The molecule has 0 heterocycles. The number of carboxylic acids is 1. The maximum atomic E-state index is 12.4. The number of carboxylic acid groups (broad SMARTS) is 1. The Morgan fingerprint density at radius 1 is 1.04 bits per heavy atom. The smallest absolute Gasteiger partial charge is 0.326 e. The molecule has 4 amide bonds. The Kier molecular flexibility index (Phi) is 11.9. The second-order valence-electron chi connectivity index (χ2n) is 6.66. The van der Waals surface area contributed by atoms with Crippen molar-refractivity contribution in [2.24, 2.45) is 17.4 Å². The number of carbonyl (C=O) groups is 5. The maximum absolute atomic E-state index is 12.4. The van der Waals surface area contributed by atoms with E-state index in [1.165, 1.54) is 0 Å². The van der Waals surface area contributed by atoms with Crippen LogP contribution in [0.3, 0.4) is 0 Å². The number of hydrogen-bond acceptors (Lipinski definition) is 7. The molecular weight excluding hydrogens is 390 g/mol. The van der Waals surface area contributed by atoms with E-state index in [-0.39, 0.29) is 30.9 Å². The van der Waals surface area contributed by atoms with Gasteiger partial charge in [0.25, 0.3) is 0 Å². The molecule has 0 aromatic rings. The van der Waals surface area contributed by atoms with E-state index in [0.717, 1.165) is 0 Å². The summed E-state index contributed by atoms with van der Waals surface area (Å²) in [6.07, 6.45) is -0.143. The number of thiol groups is 1. The van der Waals surface area contributed by atoms with Gasteiger partial charge in [-0.05, 0) is 18.8 Å². The van der Waals surface area contributed by atoms with Crippen molar-refractivity contribution in [3.8, 4) is 0 Å². The Bertz CT molecular complexity index is 586. The first-order valence-electron chi connectivity index (χ1n) is 8.72. The number of carbonyl (C=O) groups excluding carboxylic acids is 4. The monoisotopic (exact) mass is 419 g/mol. The fourth-order valence-corrected chi connectivity index (χ4v) is 2.31. The van der Waals surface area contributed by atoms with E-state index < -0.39 is 54.3 Å². The molecule has 0 radical (unpaired) electrons. The van der Waals surface area contributed by atoms with Crippen molar-refractivity contribution in [1.82, 2.24) is 16.0 Å². The number of nitrogens with one attached hydrogen (secondary N) is 3. The zero-order chi connectivity index (χ0) is 21.9. The molecule has 0 aromatic heterocycles. The van der Waals surface area contributed by atoms with Crippen molar-refractivity contribution in [2.45, 2.75) is 51.2 Å². The second kappa shape index (κ2) is 12.9. The number of amides is 4. The van der Waals surface area contributed by atoms with E-state index in [4.69, 9.17) is 11.5 Å². The summed E-state index contributed by atoms with van der Waals surface area (Å²) in [5.74, 6) is -3.81. The Balaban J connectivity index is 4.91. The third-order valence-electron chi connectivity index (χ3n) is 3.61. The Labute approximate surface area is 168 Å². The van der Waals surface area contributed by atoms with Crippen LogP contribution >= 0.6 is 12.6 Å². The highest BCUT2D eigenvalue weighted by molar-refractivity contribution is 7.80. The predicted octanol–water partition coefficient (Wildman–Crippen LogP) is -2.27. The van der Waals surface area contributed by atoms with Crippen molar-refractivity contribution in [1.29, 1.82) is 0 Å². The van der Waals surface area contributed by atoms with Crippen LogP contribution < -0.4 is 27.4 Å². The number of hydrogen-bond donors (Lipinski definition) is 7. The molecule has 0 aliphatic heterocycles. The van der Waals surface area contributed by atoms with Crippen LogP contribution in [0.15, 0.2) is 0 Å². The largest absolute Gasteiger partial charge is 0.480 e. The quantitative estimate of drug-likeness (QED) is 0.163. The molecule has 3 atom stereocenters. The van der Waals surface area contributed by atoms with E-state index >= 15 is 0 Å². The van der Waals surface area contributed by atoms with Gasteiger partial charge >= 0.3 is 5.97 Å². The van der Waals surface area contributed by atoms with Crippen molar-refractivity contribution in [3.63, 3.8) is 0 Å². The van der Waals surface area contributed by atoms with Crippen LogP contribution in [0.2, 0.25) is 0 Å². The lowest BCUT2D eigenvalue weighted by Crippen LogP contribution is -2.54.